The Bertz CT molecular complexity index is 902. The Morgan fingerprint density at radius 1 is 1.16 bits per heavy atom. The smallest absolute Gasteiger partial charge is 0.451 e. The molecule has 0 atom stereocenters. The SMILES string of the molecule is CNc1nc(N[C@H]2CC[C@@H](NC(=O)COc3ccnc(C(F)(F)F)n3)CC2)ncc1C. The van der Waals surface area contributed by atoms with Crippen molar-refractivity contribution >= 4 is 17.7 Å². The van der Waals surface area contributed by atoms with Crippen LogP contribution in [-0.2, 0) is 11.0 Å². The molecule has 1 aliphatic rings. The standard InChI is InChI=1S/C19H24F3N7O2/c1-11-9-25-18(29-16(11)23-2)27-13-5-3-12(4-6-13)26-14(30)10-31-15-7-8-24-17(28-15)19(20,21)22/h7-9,12-13H,3-6,10H2,1-2H3,(H,26,30)(H2,23,25,27,29)/t12-,13+. The lowest BCUT2D eigenvalue weighted by Crippen LogP contribution is -2.42. The number of rotatable bonds is 7. The van der Waals surface area contributed by atoms with E-state index in [2.05, 4.69) is 35.9 Å². The van der Waals surface area contributed by atoms with E-state index in [0.717, 1.165) is 43.3 Å². The van der Waals surface area contributed by atoms with Crippen LogP contribution < -0.4 is 20.7 Å². The second kappa shape index (κ2) is 9.75. The van der Waals surface area contributed by atoms with Crippen molar-refractivity contribution in [1.82, 2.24) is 25.3 Å². The number of ether oxygens (including phenoxy) is 1. The molecule has 9 nitrogen and oxygen atoms in total. The van der Waals surface area contributed by atoms with Crippen LogP contribution in [0.25, 0.3) is 0 Å². The molecule has 0 unspecified atom stereocenters. The molecule has 31 heavy (non-hydrogen) atoms. The highest BCUT2D eigenvalue weighted by Crippen LogP contribution is 2.27. The topological polar surface area (TPSA) is 114 Å². The van der Waals surface area contributed by atoms with Gasteiger partial charge in [0.1, 0.15) is 5.82 Å². The summed E-state index contributed by atoms with van der Waals surface area (Å²) in [7, 11) is 1.80. The van der Waals surface area contributed by atoms with Crippen LogP contribution in [0.15, 0.2) is 18.5 Å². The van der Waals surface area contributed by atoms with Gasteiger partial charge in [-0.1, -0.05) is 0 Å². The van der Waals surface area contributed by atoms with Gasteiger partial charge in [-0.25, -0.2) is 9.97 Å². The summed E-state index contributed by atoms with van der Waals surface area (Å²) in [4.78, 5) is 27.2. The highest BCUT2D eigenvalue weighted by molar-refractivity contribution is 5.77. The Balaban J connectivity index is 1.42. The van der Waals surface area contributed by atoms with Crippen LogP contribution in [-0.4, -0.2) is 51.6 Å². The molecule has 0 aliphatic heterocycles. The van der Waals surface area contributed by atoms with Crippen LogP contribution in [0, 0.1) is 6.92 Å². The summed E-state index contributed by atoms with van der Waals surface area (Å²) in [6, 6.07) is 1.34. The fourth-order valence-corrected chi connectivity index (χ4v) is 3.30. The average molecular weight is 439 g/mol. The first-order chi connectivity index (χ1) is 14.7. The first-order valence-corrected chi connectivity index (χ1v) is 9.85. The molecule has 168 valence electrons. The number of hydrogen-bond acceptors (Lipinski definition) is 8. The van der Waals surface area contributed by atoms with Crippen LogP contribution in [0.2, 0.25) is 0 Å². The second-order valence-electron chi connectivity index (χ2n) is 7.24. The minimum Gasteiger partial charge on any atom is -0.467 e. The van der Waals surface area contributed by atoms with E-state index in [0.29, 0.717) is 5.95 Å². The van der Waals surface area contributed by atoms with E-state index in [-0.39, 0.29) is 18.0 Å². The van der Waals surface area contributed by atoms with E-state index in [1.165, 1.54) is 6.07 Å². The van der Waals surface area contributed by atoms with Crippen molar-refractivity contribution in [3.05, 3.63) is 29.8 Å². The molecule has 3 rings (SSSR count). The number of anilines is 2. The van der Waals surface area contributed by atoms with Gasteiger partial charge in [0, 0.05) is 43.2 Å². The number of aromatic nitrogens is 4. The van der Waals surface area contributed by atoms with Crippen molar-refractivity contribution in [2.24, 2.45) is 0 Å². The third-order valence-electron chi connectivity index (χ3n) is 4.87. The lowest BCUT2D eigenvalue weighted by Gasteiger charge is -2.29. The molecular formula is C19H24F3N7O2. The first kappa shape index (κ1) is 22.5. The summed E-state index contributed by atoms with van der Waals surface area (Å²) in [5.41, 5.74) is 0.957. The molecule has 2 heterocycles. The number of alkyl halides is 3. The van der Waals surface area contributed by atoms with Gasteiger partial charge in [-0.05, 0) is 32.6 Å². The van der Waals surface area contributed by atoms with Crippen LogP contribution in [0.1, 0.15) is 37.1 Å². The zero-order chi connectivity index (χ0) is 22.4. The monoisotopic (exact) mass is 439 g/mol. The zero-order valence-corrected chi connectivity index (χ0v) is 17.2. The summed E-state index contributed by atoms with van der Waals surface area (Å²) >= 11 is 0. The number of aryl methyl sites for hydroxylation is 1. The van der Waals surface area contributed by atoms with E-state index in [1.807, 2.05) is 6.92 Å². The number of amides is 1. The Labute approximate surface area is 177 Å². The maximum Gasteiger partial charge on any atom is 0.451 e. The van der Waals surface area contributed by atoms with E-state index in [9.17, 15) is 18.0 Å². The summed E-state index contributed by atoms with van der Waals surface area (Å²) in [5.74, 6) is -0.701. The number of nitrogens with zero attached hydrogens (tertiary/aromatic N) is 4. The molecule has 1 aliphatic carbocycles. The molecule has 0 saturated heterocycles. The van der Waals surface area contributed by atoms with E-state index < -0.39 is 24.5 Å². The lowest BCUT2D eigenvalue weighted by atomic mass is 9.91. The summed E-state index contributed by atoms with van der Waals surface area (Å²) < 4.78 is 43.0. The minimum absolute atomic E-state index is 0.0305. The predicted molar refractivity (Wildman–Crippen MR) is 107 cm³/mol. The fraction of sp³-hybridized carbons (Fsp3) is 0.526. The molecular weight excluding hydrogens is 415 g/mol. The number of carbonyl (C=O) groups is 1. The van der Waals surface area contributed by atoms with Crippen LogP contribution in [0.4, 0.5) is 24.9 Å². The van der Waals surface area contributed by atoms with Gasteiger partial charge in [0.15, 0.2) is 6.61 Å². The molecule has 1 amide bonds. The van der Waals surface area contributed by atoms with Gasteiger partial charge < -0.3 is 20.7 Å². The predicted octanol–water partition coefficient (Wildman–Crippen LogP) is 2.55. The quantitative estimate of drug-likeness (QED) is 0.603. The molecule has 3 N–H and O–H groups in total. The Morgan fingerprint density at radius 3 is 2.55 bits per heavy atom. The van der Waals surface area contributed by atoms with E-state index >= 15 is 0 Å². The molecule has 2 aromatic rings. The molecule has 1 fully saturated rings. The molecule has 0 aromatic carbocycles. The van der Waals surface area contributed by atoms with Crippen LogP contribution in [0.5, 0.6) is 5.88 Å². The number of halogens is 3. The maximum absolute atomic E-state index is 12.6. The number of hydrogen-bond donors (Lipinski definition) is 3. The second-order valence-corrected chi connectivity index (χ2v) is 7.24. The Kier molecular flexibility index (Phi) is 7.08. The summed E-state index contributed by atoms with van der Waals surface area (Å²) in [5, 5.41) is 9.18. The summed E-state index contributed by atoms with van der Waals surface area (Å²) in [6.45, 7) is 1.50. The molecule has 1 saturated carbocycles. The Hall–Kier alpha value is -3.18. The minimum atomic E-state index is -4.67. The van der Waals surface area contributed by atoms with Crippen molar-refractivity contribution < 1.29 is 22.7 Å². The van der Waals surface area contributed by atoms with Gasteiger partial charge in [-0.15, -0.1) is 0 Å². The van der Waals surface area contributed by atoms with Crippen molar-refractivity contribution in [1.29, 1.82) is 0 Å². The number of carbonyl (C=O) groups excluding carboxylic acids is 1. The fourth-order valence-electron chi connectivity index (χ4n) is 3.30. The van der Waals surface area contributed by atoms with E-state index in [4.69, 9.17) is 4.74 Å². The number of nitrogens with one attached hydrogen (secondary N) is 3. The van der Waals surface area contributed by atoms with Gasteiger partial charge in [0.25, 0.3) is 5.91 Å². The largest absolute Gasteiger partial charge is 0.467 e. The lowest BCUT2D eigenvalue weighted by molar-refractivity contribution is -0.145. The van der Waals surface area contributed by atoms with Crippen LogP contribution in [0.3, 0.4) is 0 Å². The average Bonchev–Trinajstić information content (AvgIpc) is 2.74. The van der Waals surface area contributed by atoms with Gasteiger partial charge in [0.2, 0.25) is 17.7 Å². The van der Waals surface area contributed by atoms with E-state index in [1.54, 1.807) is 13.2 Å². The highest BCUT2D eigenvalue weighted by atomic mass is 19.4. The Morgan fingerprint density at radius 2 is 1.87 bits per heavy atom. The van der Waals surface area contributed by atoms with Crippen molar-refractivity contribution in [2.75, 3.05) is 24.3 Å². The maximum atomic E-state index is 12.6. The molecule has 2 aromatic heterocycles. The molecule has 0 spiro atoms. The zero-order valence-electron chi connectivity index (χ0n) is 17.2. The van der Waals surface area contributed by atoms with Gasteiger partial charge >= 0.3 is 6.18 Å². The molecule has 0 bridgehead atoms. The third kappa shape index (κ3) is 6.40. The van der Waals surface area contributed by atoms with Crippen molar-refractivity contribution in [3.63, 3.8) is 0 Å². The molecule has 12 heteroatoms. The first-order valence-electron chi connectivity index (χ1n) is 9.85. The summed E-state index contributed by atoms with van der Waals surface area (Å²) in [6.07, 6.45) is 1.15. The highest BCUT2D eigenvalue weighted by Gasteiger charge is 2.35. The molecule has 0 radical (unpaired) electrons. The third-order valence-corrected chi connectivity index (χ3v) is 4.87. The van der Waals surface area contributed by atoms with Gasteiger partial charge in [-0.2, -0.15) is 23.1 Å². The normalized spacial score (nSPS) is 18.9. The van der Waals surface area contributed by atoms with Gasteiger partial charge in [-0.3, -0.25) is 4.79 Å². The van der Waals surface area contributed by atoms with Crippen molar-refractivity contribution in [3.8, 4) is 5.88 Å². The van der Waals surface area contributed by atoms with Crippen molar-refractivity contribution in [2.45, 2.75) is 50.9 Å². The van der Waals surface area contributed by atoms with Gasteiger partial charge in [0.05, 0.1) is 0 Å². The van der Waals surface area contributed by atoms with Crippen LogP contribution >= 0.6 is 0 Å².